The molecule has 0 N–H and O–H groups in total. The van der Waals surface area contributed by atoms with Crippen molar-refractivity contribution >= 4 is 27.0 Å². The Bertz CT molecular complexity index is 876. The molecule has 3 aromatic rings. The van der Waals surface area contributed by atoms with Crippen molar-refractivity contribution in [2.45, 2.75) is 18.7 Å². The average Bonchev–Trinajstić information content (AvgIpc) is 2.73. The Kier molecular flexibility index (Phi) is 3.49. The van der Waals surface area contributed by atoms with Crippen molar-refractivity contribution in [1.82, 2.24) is 4.57 Å². The maximum absolute atomic E-state index is 11.6. The van der Waals surface area contributed by atoms with E-state index in [1.54, 1.807) is 7.05 Å². The molecule has 1 atom stereocenters. The van der Waals surface area contributed by atoms with Crippen molar-refractivity contribution in [2.24, 2.45) is 7.05 Å². The minimum atomic E-state index is -0.334. The molecule has 0 radical (unpaired) electrons. The molecule has 0 amide bonds. The van der Waals surface area contributed by atoms with Gasteiger partial charge in [-0.1, -0.05) is 45.8 Å². The van der Waals surface area contributed by atoms with Crippen LogP contribution < -0.4 is 5.76 Å². The van der Waals surface area contributed by atoms with Gasteiger partial charge in [-0.05, 0) is 42.7 Å². The Morgan fingerprint density at radius 2 is 1.90 bits per heavy atom. The Balaban J connectivity index is 2.09. The molecule has 21 heavy (non-hydrogen) atoms. The number of aryl methyl sites for hydroxylation is 3. The van der Waals surface area contributed by atoms with E-state index in [1.807, 2.05) is 18.2 Å². The molecule has 0 aliphatic heterocycles. The number of nitrogens with zero attached hydrogens (tertiary/aromatic N) is 1. The Morgan fingerprint density at radius 3 is 2.62 bits per heavy atom. The highest BCUT2D eigenvalue weighted by Gasteiger charge is 2.15. The number of fused-ring (bicyclic) bond motifs is 1. The van der Waals surface area contributed by atoms with Crippen LogP contribution in [0.15, 0.2) is 45.6 Å². The lowest BCUT2D eigenvalue weighted by Gasteiger charge is -2.14. The molecule has 3 rings (SSSR count). The molecule has 0 saturated heterocycles. The van der Waals surface area contributed by atoms with Gasteiger partial charge in [0.15, 0.2) is 5.58 Å². The van der Waals surface area contributed by atoms with Crippen LogP contribution in [0.3, 0.4) is 0 Å². The molecular formula is C17H16BrNO2. The molecule has 1 heterocycles. The lowest BCUT2D eigenvalue weighted by Crippen LogP contribution is -2.08. The Hall–Kier alpha value is -1.81. The van der Waals surface area contributed by atoms with Crippen molar-refractivity contribution in [1.29, 1.82) is 0 Å². The van der Waals surface area contributed by atoms with Gasteiger partial charge in [0, 0.05) is 7.05 Å². The number of alkyl halides is 1. The molecular weight excluding hydrogens is 330 g/mol. The van der Waals surface area contributed by atoms with Crippen LogP contribution >= 0.6 is 15.9 Å². The number of halogens is 1. The van der Waals surface area contributed by atoms with Gasteiger partial charge >= 0.3 is 5.76 Å². The predicted octanol–water partition coefficient (Wildman–Crippen LogP) is 4.23. The summed E-state index contributed by atoms with van der Waals surface area (Å²) in [6.45, 7) is 4.20. The Morgan fingerprint density at radius 1 is 1.14 bits per heavy atom. The highest BCUT2D eigenvalue weighted by atomic mass is 79.9. The Labute approximate surface area is 131 Å². The van der Waals surface area contributed by atoms with Gasteiger partial charge in [0.2, 0.25) is 0 Å². The summed E-state index contributed by atoms with van der Waals surface area (Å²) >= 11 is 3.75. The SMILES string of the molecule is Cc1ccc(C(Br)c2ccc3c(c2)oc(=O)n3C)c(C)c1. The summed E-state index contributed by atoms with van der Waals surface area (Å²) in [7, 11) is 1.71. The van der Waals surface area contributed by atoms with Crippen molar-refractivity contribution in [2.75, 3.05) is 0 Å². The minimum Gasteiger partial charge on any atom is -0.408 e. The van der Waals surface area contributed by atoms with Gasteiger partial charge in [-0.15, -0.1) is 0 Å². The molecule has 0 spiro atoms. The van der Waals surface area contributed by atoms with Gasteiger partial charge in [-0.2, -0.15) is 0 Å². The minimum absolute atomic E-state index is 0.0769. The van der Waals surface area contributed by atoms with Gasteiger partial charge in [0.1, 0.15) is 0 Å². The van der Waals surface area contributed by atoms with E-state index in [4.69, 9.17) is 4.42 Å². The average molecular weight is 346 g/mol. The van der Waals surface area contributed by atoms with Crippen LogP contribution in [0.2, 0.25) is 0 Å². The molecule has 0 saturated carbocycles. The summed E-state index contributed by atoms with van der Waals surface area (Å²) in [6, 6.07) is 12.3. The molecule has 1 aromatic heterocycles. The van der Waals surface area contributed by atoms with Crippen LogP contribution in [0.25, 0.3) is 11.1 Å². The van der Waals surface area contributed by atoms with E-state index in [0.717, 1.165) is 11.1 Å². The van der Waals surface area contributed by atoms with Crippen LogP contribution in [0, 0.1) is 13.8 Å². The summed E-state index contributed by atoms with van der Waals surface area (Å²) in [5.74, 6) is -0.334. The summed E-state index contributed by atoms with van der Waals surface area (Å²) in [4.78, 5) is 11.6. The summed E-state index contributed by atoms with van der Waals surface area (Å²) < 4.78 is 6.77. The smallest absolute Gasteiger partial charge is 0.408 e. The van der Waals surface area contributed by atoms with Gasteiger partial charge in [0.05, 0.1) is 10.3 Å². The molecule has 3 nitrogen and oxygen atoms in total. The first-order valence-corrected chi connectivity index (χ1v) is 7.69. The van der Waals surface area contributed by atoms with Gasteiger partial charge < -0.3 is 4.42 Å². The van der Waals surface area contributed by atoms with Crippen LogP contribution in [-0.2, 0) is 7.05 Å². The summed E-state index contributed by atoms with van der Waals surface area (Å²) in [5, 5.41) is 0. The predicted molar refractivity (Wildman–Crippen MR) is 88.1 cm³/mol. The van der Waals surface area contributed by atoms with E-state index in [1.165, 1.54) is 21.3 Å². The molecule has 0 fully saturated rings. The third-order valence-corrected chi connectivity index (χ3v) is 4.83. The van der Waals surface area contributed by atoms with Crippen molar-refractivity contribution in [3.05, 3.63) is 69.2 Å². The van der Waals surface area contributed by atoms with Gasteiger partial charge in [-0.25, -0.2) is 4.79 Å². The van der Waals surface area contributed by atoms with Crippen molar-refractivity contribution < 1.29 is 4.42 Å². The summed E-state index contributed by atoms with van der Waals surface area (Å²) in [6.07, 6.45) is 0. The number of hydrogen-bond acceptors (Lipinski definition) is 2. The van der Waals surface area contributed by atoms with E-state index in [-0.39, 0.29) is 10.6 Å². The van der Waals surface area contributed by atoms with E-state index < -0.39 is 0 Å². The topological polar surface area (TPSA) is 35.1 Å². The maximum atomic E-state index is 11.6. The third-order valence-electron chi connectivity index (χ3n) is 3.81. The van der Waals surface area contributed by atoms with E-state index >= 15 is 0 Å². The first-order chi connectivity index (χ1) is 9.97. The second-order valence-corrected chi connectivity index (χ2v) is 6.29. The zero-order valence-corrected chi connectivity index (χ0v) is 13.8. The zero-order chi connectivity index (χ0) is 15.1. The molecule has 0 aliphatic rings. The number of rotatable bonds is 2. The van der Waals surface area contributed by atoms with Gasteiger partial charge in [-0.3, -0.25) is 4.57 Å². The van der Waals surface area contributed by atoms with E-state index in [2.05, 4.69) is 48.0 Å². The highest BCUT2D eigenvalue weighted by molar-refractivity contribution is 9.09. The standard InChI is InChI=1S/C17H16BrNO2/c1-10-4-6-13(11(2)8-10)16(18)12-5-7-14-15(9-12)21-17(20)19(14)3/h4-9,16H,1-3H3. The lowest BCUT2D eigenvalue weighted by molar-refractivity contribution is 0.528. The zero-order valence-electron chi connectivity index (χ0n) is 12.2. The fourth-order valence-corrected chi connectivity index (χ4v) is 3.40. The normalized spacial score (nSPS) is 12.8. The van der Waals surface area contributed by atoms with E-state index in [0.29, 0.717) is 5.58 Å². The quantitative estimate of drug-likeness (QED) is 0.651. The van der Waals surface area contributed by atoms with Crippen molar-refractivity contribution in [3.8, 4) is 0 Å². The van der Waals surface area contributed by atoms with Crippen LogP contribution in [0.1, 0.15) is 27.1 Å². The number of aromatic nitrogens is 1. The first kappa shape index (κ1) is 14.1. The molecule has 0 aliphatic carbocycles. The molecule has 0 bridgehead atoms. The van der Waals surface area contributed by atoms with Crippen LogP contribution in [0.5, 0.6) is 0 Å². The molecule has 108 valence electrons. The van der Waals surface area contributed by atoms with Crippen molar-refractivity contribution in [3.63, 3.8) is 0 Å². The van der Waals surface area contributed by atoms with Gasteiger partial charge in [0.25, 0.3) is 0 Å². The second-order valence-electron chi connectivity index (χ2n) is 5.38. The lowest BCUT2D eigenvalue weighted by atomic mass is 9.98. The highest BCUT2D eigenvalue weighted by Crippen LogP contribution is 2.34. The fraction of sp³-hybridized carbons (Fsp3) is 0.235. The van der Waals surface area contributed by atoms with Crippen LogP contribution in [-0.4, -0.2) is 4.57 Å². The fourth-order valence-electron chi connectivity index (χ4n) is 2.60. The third kappa shape index (κ3) is 2.44. The second kappa shape index (κ2) is 5.19. The largest absolute Gasteiger partial charge is 0.419 e. The molecule has 1 unspecified atom stereocenters. The maximum Gasteiger partial charge on any atom is 0.419 e. The first-order valence-electron chi connectivity index (χ1n) is 6.78. The number of benzene rings is 2. The number of hydrogen-bond donors (Lipinski definition) is 0. The monoisotopic (exact) mass is 345 g/mol. The molecule has 2 aromatic carbocycles. The van der Waals surface area contributed by atoms with Crippen LogP contribution in [0.4, 0.5) is 0 Å². The van der Waals surface area contributed by atoms with E-state index in [9.17, 15) is 4.79 Å². The number of oxazole rings is 1. The summed E-state index contributed by atoms with van der Waals surface area (Å²) in [5.41, 5.74) is 6.22. The molecule has 4 heteroatoms.